The second-order valence-electron chi connectivity index (χ2n) is 5.77. The molecule has 1 aromatic heterocycles. The zero-order valence-electron chi connectivity index (χ0n) is 13.2. The van der Waals surface area contributed by atoms with Gasteiger partial charge in [0.2, 0.25) is 0 Å². The molecular weight excluding hydrogens is 315 g/mol. The molecule has 0 aliphatic rings. The summed E-state index contributed by atoms with van der Waals surface area (Å²) in [4.78, 5) is 14.0. The number of amides is 2. The summed E-state index contributed by atoms with van der Waals surface area (Å²) >= 11 is 1.44. The van der Waals surface area contributed by atoms with Crippen LogP contribution in [0.5, 0.6) is 0 Å². The molecule has 0 saturated heterocycles. The van der Waals surface area contributed by atoms with Crippen molar-refractivity contribution in [1.82, 2.24) is 4.90 Å². The SMILES string of the molecule is CC(C)CN(C[C@H](O)c1ccc(F)cc1)C(=O)Nc1cccs1. The minimum absolute atomic E-state index is 0.154. The van der Waals surface area contributed by atoms with Crippen LogP contribution in [0.1, 0.15) is 25.5 Å². The topological polar surface area (TPSA) is 52.6 Å². The molecule has 0 saturated carbocycles. The van der Waals surface area contributed by atoms with E-state index in [2.05, 4.69) is 5.32 Å². The fourth-order valence-electron chi connectivity index (χ4n) is 2.21. The Morgan fingerprint density at radius 2 is 1.96 bits per heavy atom. The predicted molar refractivity (Wildman–Crippen MR) is 91.1 cm³/mol. The standard InChI is InChI=1S/C17H21FN2O2S/c1-12(2)10-20(17(22)19-16-4-3-9-23-16)11-15(21)13-5-7-14(18)8-6-13/h3-9,12,15,21H,10-11H2,1-2H3,(H,19,22)/t15-/m0/s1. The molecule has 1 aromatic carbocycles. The van der Waals surface area contributed by atoms with Crippen molar-refractivity contribution in [2.24, 2.45) is 5.92 Å². The number of aliphatic hydroxyl groups is 1. The van der Waals surface area contributed by atoms with Crippen LogP contribution < -0.4 is 5.32 Å². The third kappa shape index (κ3) is 5.33. The maximum Gasteiger partial charge on any atom is 0.322 e. The molecule has 0 aliphatic carbocycles. The van der Waals surface area contributed by atoms with Crippen molar-refractivity contribution >= 4 is 22.4 Å². The maximum atomic E-state index is 13.0. The van der Waals surface area contributed by atoms with Gasteiger partial charge in [-0.2, -0.15) is 0 Å². The molecule has 23 heavy (non-hydrogen) atoms. The van der Waals surface area contributed by atoms with Crippen molar-refractivity contribution in [3.05, 3.63) is 53.2 Å². The lowest BCUT2D eigenvalue weighted by Gasteiger charge is -2.27. The summed E-state index contributed by atoms with van der Waals surface area (Å²) in [6.45, 7) is 4.70. The third-order valence-corrected chi connectivity index (χ3v) is 4.06. The smallest absolute Gasteiger partial charge is 0.322 e. The Bertz CT molecular complexity index is 614. The highest BCUT2D eigenvalue weighted by Crippen LogP contribution is 2.19. The van der Waals surface area contributed by atoms with Crippen molar-refractivity contribution in [3.8, 4) is 0 Å². The summed E-state index contributed by atoms with van der Waals surface area (Å²) in [5.74, 6) is -0.0834. The van der Waals surface area contributed by atoms with Crippen LogP contribution in [-0.4, -0.2) is 29.1 Å². The molecule has 1 atom stereocenters. The first kappa shape index (κ1) is 17.4. The first-order chi connectivity index (χ1) is 11.0. The Hall–Kier alpha value is -1.92. The van der Waals surface area contributed by atoms with E-state index in [0.29, 0.717) is 12.1 Å². The van der Waals surface area contributed by atoms with E-state index in [1.807, 2.05) is 31.4 Å². The number of aliphatic hydroxyl groups excluding tert-OH is 1. The lowest BCUT2D eigenvalue weighted by molar-refractivity contribution is 0.121. The Morgan fingerprint density at radius 1 is 1.26 bits per heavy atom. The molecule has 0 unspecified atom stereocenters. The number of urea groups is 1. The van der Waals surface area contributed by atoms with E-state index in [0.717, 1.165) is 5.00 Å². The predicted octanol–water partition coefficient (Wildman–Crippen LogP) is 4.11. The zero-order chi connectivity index (χ0) is 16.8. The van der Waals surface area contributed by atoms with Crippen LogP contribution in [0.15, 0.2) is 41.8 Å². The number of halogens is 1. The maximum absolute atomic E-state index is 13.0. The van der Waals surface area contributed by atoms with Crippen LogP contribution in [-0.2, 0) is 0 Å². The van der Waals surface area contributed by atoms with Gasteiger partial charge in [0, 0.05) is 6.54 Å². The van der Waals surface area contributed by atoms with Crippen LogP contribution in [0, 0.1) is 11.7 Å². The van der Waals surface area contributed by atoms with Gasteiger partial charge in [0.1, 0.15) is 5.82 Å². The molecule has 2 amide bonds. The highest BCUT2D eigenvalue weighted by molar-refractivity contribution is 7.14. The molecule has 4 nitrogen and oxygen atoms in total. The second-order valence-corrected chi connectivity index (χ2v) is 6.72. The number of rotatable bonds is 6. The van der Waals surface area contributed by atoms with E-state index < -0.39 is 6.10 Å². The Labute approximate surface area is 139 Å². The molecule has 1 heterocycles. The molecule has 0 spiro atoms. The normalized spacial score (nSPS) is 12.2. The molecule has 0 bridgehead atoms. The second kappa shape index (κ2) is 8.08. The molecule has 6 heteroatoms. The van der Waals surface area contributed by atoms with Crippen molar-refractivity contribution < 1.29 is 14.3 Å². The number of thiophene rings is 1. The van der Waals surface area contributed by atoms with Gasteiger partial charge in [-0.25, -0.2) is 9.18 Å². The van der Waals surface area contributed by atoms with Gasteiger partial charge in [-0.1, -0.05) is 26.0 Å². The van der Waals surface area contributed by atoms with E-state index in [-0.39, 0.29) is 24.3 Å². The van der Waals surface area contributed by atoms with Gasteiger partial charge in [-0.05, 0) is 41.1 Å². The lowest BCUT2D eigenvalue weighted by Crippen LogP contribution is -2.40. The van der Waals surface area contributed by atoms with Crippen molar-refractivity contribution in [1.29, 1.82) is 0 Å². The van der Waals surface area contributed by atoms with E-state index in [1.54, 1.807) is 4.90 Å². The van der Waals surface area contributed by atoms with Crippen LogP contribution >= 0.6 is 11.3 Å². The molecule has 124 valence electrons. The summed E-state index contributed by atoms with van der Waals surface area (Å²) < 4.78 is 13.0. The molecule has 0 radical (unpaired) electrons. The van der Waals surface area contributed by atoms with Gasteiger partial charge in [-0.3, -0.25) is 5.32 Å². The van der Waals surface area contributed by atoms with E-state index >= 15 is 0 Å². The number of hydrogen-bond acceptors (Lipinski definition) is 3. The van der Waals surface area contributed by atoms with Gasteiger partial charge >= 0.3 is 6.03 Å². The number of nitrogens with zero attached hydrogens (tertiary/aromatic N) is 1. The number of benzene rings is 1. The van der Waals surface area contributed by atoms with Crippen molar-refractivity contribution in [2.75, 3.05) is 18.4 Å². The number of hydrogen-bond donors (Lipinski definition) is 2. The largest absolute Gasteiger partial charge is 0.387 e. The molecule has 2 N–H and O–H groups in total. The summed E-state index contributed by atoms with van der Waals surface area (Å²) in [6.07, 6.45) is -0.858. The Balaban J connectivity index is 2.05. The quantitative estimate of drug-likeness (QED) is 0.834. The molecular formula is C17H21FN2O2S. The minimum atomic E-state index is -0.858. The molecule has 2 aromatic rings. The van der Waals surface area contributed by atoms with Gasteiger partial charge in [0.25, 0.3) is 0 Å². The van der Waals surface area contributed by atoms with Crippen LogP contribution in [0.3, 0.4) is 0 Å². The Kier molecular flexibility index (Phi) is 6.12. The average Bonchev–Trinajstić information content (AvgIpc) is 2.99. The summed E-state index contributed by atoms with van der Waals surface area (Å²) in [7, 11) is 0. The fourth-order valence-corrected chi connectivity index (χ4v) is 2.82. The van der Waals surface area contributed by atoms with Crippen LogP contribution in [0.25, 0.3) is 0 Å². The minimum Gasteiger partial charge on any atom is -0.387 e. The highest BCUT2D eigenvalue weighted by atomic mass is 32.1. The number of carbonyl (C=O) groups excluding carboxylic acids is 1. The third-order valence-electron chi connectivity index (χ3n) is 3.27. The monoisotopic (exact) mass is 336 g/mol. The molecule has 2 rings (SSSR count). The van der Waals surface area contributed by atoms with Crippen LogP contribution in [0.4, 0.5) is 14.2 Å². The number of anilines is 1. The van der Waals surface area contributed by atoms with Gasteiger partial charge in [-0.15, -0.1) is 11.3 Å². The van der Waals surface area contributed by atoms with Gasteiger partial charge in [0.15, 0.2) is 0 Å². The van der Waals surface area contributed by atoms with E-state index in [9.17, 15) is 14.3 Å². The zero-order valence-corrected chi connectivity index (χ0v) is 14.0. The summed E-state index contributed by atoms with van der Waals surface area (Å²) in [5, 5.41) is 15.8. The van der Waals surface area contributed by atoms with Gasteiger partial charge in [0.05, 0.1) is 17.6 Å². The number of carbonyl (C=O) groups is 1. The lowest BCUT2D eigenvalue weighted by atomic mass is 10.1. The van der Waals surface area contributed by atoms with Crippen molar-refractivity contribution in [3.63, 3.8) is 0 Å². The molecule has 0 fully saturated rings. The summed E-state index contributed by atoms with van der Waals surface area (Å²) in [6, 6.07) is 9.11. The first-order valence-corrected chi connectivity index (χ1v) is 8.36. The van der Waals surface area contributed by atoms with E-state index in [1.165, 1.54) is 35.6 Å². The Morgan fingerprint density at radius 3 is 2.52 bits per heavy atom. The molecule has 0 aliphatic heterocycles. The summed E-state index contributed by atoms with van der Waals surface area (Å²) in [5.41, 5.74) is 0.587. The fraction of sp³-hybridized carbons (Fsp3) is 0.353. The first-order valence-electron chi connectivity index (χ1n) is 7.48. The highest BCUT2D eigenvalue weighted by Gasteiger charge is 2.20. The van der Waals surface area contributed by atoms with Crippen molar-refractivity contribution in [2.45, 2.75) is 20.0 Å². The van der Waals surface area contributed by atoms with E-state index in [4.69, 9.17) is 0 Å². The van der Waals surface area contributed by atoms with Crippen LogP contribution in [0.2, 0.25) is 0 Å². The average molecular weight is 336 g/mol. The number of nitrogens with one attached hydrogen (secondary N) is 1. The van der Waals surface area contributed by atoms with Gasteiger partial charge < -0.3 is 10.0 Å².